The zero-order chi connectivity index (χ0) is 14.7. The molecule has 0 bridgehead atoms. The van der Waals surface area contributed by atoms with Gasteiger partial charge in [-0.3, -0.25) is 0 Å². The first-order chi connectivity index (χ1) is 10.3. The van der Waals surface area contributed by atoms with Crippen LogP contribution in [0.2, 0.25) is 0 Å². The Hall–Kier alpha value is -1.35. The lowest BCUT2D eigenvalue weighted by Gasteiger charge is -2.41. The van der Waals surface area contributed by atoms with E-state index in [1.54, 1.807) is 4.90 Å². The smallest absolute Gasteiger partial charge is 0.338 e. The molecule has 0 radical (unpaired) electrons. The number of carbonyl (C=O) groups is 1. The number of quaternary nitrogens is 1. The average Bonchev–Trinajstić information content (AvgIpc) is 2.53. The summed E-state index contributed by atoms with van der Waals surface area (Å²) >= 11 is 0. The summed E-state index contributed by atoms with van der Waals surface area (Å²) in [6.45, 7) is 5.19. The zero-order valence-electron chi connectivity index (χ0n) is 12.9. The Labute approximate surface area is 127 Å². The molecule has 2 aliphatic heterocycles. The number of ether oxygens (including phenoxy) is 1. The maximum absolute atomic E-state index is 12.2. The second-order valence-corrected chi connectivity index (χ2v) is 6.58. The summed E-state index contributed by atoms with van der Waals surface area (Å²) in [5.41, 5.74) is 1.71. The summed E-state index contributed by atoms with van der Waals surface area (Å²) in [6, 6.07) is 8.39. The number of fused-ring (bicyclic) bond motifs is 1. The van der Waals surface area contributed by atoms with Crippen molar-refractivity contribution in [3.05, 3.63) is 35.4 Å². The van der Waals surface area contributed by atoms with E-state index in [9.17, 15) is 4.79 Å². The molecule has 3 nitrogen and oxygen atoms in total. The molecule has 3 heteroatoms. The van der Waals surface area contributed by atoms with Crippen molar-refractivity contribution >= 4 is 5.97 Å². The van der Waals surface area contributed by atoms with Crippen LogP contribution in [0.5, 0.6) is 0 Å². The van der Waals surface area contributed by atoms with E-state index < -0.39 is 0 Å². The highest BCUT2D eigenvalue weighted by molar-refractivity contribution is 5.90. The number of nitrogens with one attached hydrogen (secondary N) is 1. The molecule has 1 aromatic rings. The van der Waals surface area contributed by atoms with E-state index in [2.05, 4.69) is 0 Å². The molecule has 114 valence electrons. The number of hydrogen-bond donors (Lipinski definition) is 1. The van der Waals surface area contributed by atoms with Crippen molar-refractivity contribution in [1.82, 2.24) is 0 Å². The predicted molar refractivity (Wildman–Crippen MR) is 82.5 cm³/mol. The van der Waals surface area contributed by atoms with E-state index in [1.165, 1.54) is 45.2 Å². The van der Waals surface area contributed by atoms with Gasteiger partial charge in [-0.1, -0.05) is 18.2 Å². The minimum absolute atomic E-state index is 0.156. The van der Waals surface area contributed by atoms with E-state index in [0.717, 1.165) is 11.6 Å². The molecular weight excluding hydrogens is 262 g/mol. The Balaban J connectivity index is 1.59. The lowest BCUT2D eigenvalue weighted by Crippen LogP contribution is -3.18. The molecule has 1 N–H and O–H groups in total. The van der Waals surface area contributed by atoms with Crippen LogP contribution in [0, 0.1) is 12.8 Å². The van der Waals surface area contributed by atoms with Gasteiger partial charge in [-0.2, -0.15) is 0 Å². The minimum Gasteiger partial charge on any atom is -0.462 e. The molecule has 21 heavy (non-hydrogen) atoms. The van der Waals surface area contributed by atoms with Crippen molar-refractivity contribution in [2.45, 2.75) is 45.1 Å². The van der Waals surface area contributed by atoms with Crippen LogP contribution in [-0.2, 0) is 4.74 Å². The molecule has 0 saturated carbocycles. The van der Waals surface area contributed by atoms with Gasteiger partial charge in [0.05, 0.1) is 24.7 Å². The van der Waals surface area contributed by atoms with Gasteiger partial charge in [-0.15, -0.1) is 0 Å². The van der Waals surface area contributed by atoms with E-state index in [4.69, 9.17) is 4.74 Å². The molecule has 1 unspecified atom stereocenters. The monoisotopic (exact) mass is 288 g/mol. The Morgan fingerprint density at radius 2 is 2.00 bits per heavy atom. The van der Waals surface area contributed by atoms with Crippen LogP contribution in [0.3, 0.4) is 0 Å². The number of hydrogen-bond acceptors (Lipinski definition) is 2. The Bertz CT molecular complexity index is 498. The number of esters is 1. The first-order valence-electron chi connectivity index (χ1n) is 8.33. The molecule has 3 rings (SSSR count). The van der Waals surface area contributed by atoms with Gasteiger partial charge in [0.2, 0.25) is 0 Å². The molecule has 2 aliphatic rings. The molecule has 3 atom stereocenters. The van der Waals surface area contributed by atoms with Crippen LogP contribution in [0.4, 0.5) is 0 Å². The Morgan fingerprint density at radius 1 is 1.19 bits per heavy atom. The van der Waals surface area contributed by atoms with Gasteiger partial charge in [-0.05, 0) is 50.7 Å². The first kappa shape index (κ1) is 14.6. The quantitative estimate of drug-likeness (QED) is 0.863. The fraction of sp³-hybridized carbons (Fsp3) is 0.611. The minimum atomic E-state index is -0.156. The number of aryl methyl sites for hydroxylation is 1. The maximum atomic E-state index is 12.2. The van der Waals surface area contributed by atoms with Gasteiger partial charge in [-0.25, -0.2) is 4.79 Å². The van der Waals surface area contributed by atoms with Crippen LogP contribution >= 0.6 is 0 Å². The molecule has 0 aromatic heterocycles. The third-order valence-corrected chi connectivity index (χ3v) is 5.22. The predicted octanol–water partition coefficient (Wildman–Crippen LogP) is 2.00. The Morgan fingerprint density at radius 3 is 2.86 bits per heavy atom. The highest BCUT2D eigenvalue weighted by Gasteiger charge is 2.37. The average molecular weight is 288 g/mol. The van der Waals surface area contributed by atoms with E-state index in [0.29, 0.717) is 18.1 Å². The van der Waals surface area contributed by atoms with E-state index in [-0.39, 0.29) is 5.97 Å². The van der Waals surface area contributed by atoms with Gasteiger partial charge in [0.25, 0.3) is 0 Å². The SMILES string of the molecule is Cc1ccccc1C(=O)OC[C@H]1CCC[NH+]2CCCC[C@@H]12. The van der Waals surface area contributed by atoms with Crippen LogP contribution in [-0.4, -0.2) is 31.7 Å². The highest BCUT2D eigenvalue weighted by atomic mass is 16.5. The summed E-state index contributed by atoms with van der Waals surface area (Å²) < 4.78 is 5.65. The third kappa shape index (κ3) is 3.29. The molecule has 0 aliphatic carbocycles. The fourth-order valence-corrected chi connectivity index (χ4v) is 4.04. The normalized spacial score (nSPS) is 28.7. The third-order valence-electron chi connectivity index (χ3n) is 5.22. The molecule has 1 aromatic carbocycles. The number of benzene rings is 1. The maximum Gasteiger partial charge on any atom is 0.338 e. The molecule has 0 spiro atoms. The topological polar surface area (TPSA) is 30.7 Å². The van der Waals surface area contributed by atoms with Crippen molar-refractivity contribution in [2.75, 3.05) is 19.7 Å². The van der Waals surface area contributed by atoms with Crippen LogP contribution in [0.25, 0.3) is 0 Å². The van der Waals surface area contributed by atoms with Gasteiger partial charge in [0.1, 0.15) is 6.61 Å². The van der Waals surface area contributed by atoms with Gasteiger partial charge in [0, 0.05) is 5.92 Å². The summed E-state index contributed by atoms with van der Waals surface area (Å²) in [4.78, 5) is 14.0. The largest absolute Gasteiger partial charge is 0.462 e. The van der Waals surface area contributed by atoms with E-state index in [1.807, 2.05) is 31.2 Å². The first-order valence-corrected chi connectivity index (χ1v) is 8.33. The summed E-state index contributed by atoms with van der Waals surface area (Å²) in [5, 5.41) is 0. The number of rotatable bonds is 3. The Kier molecular flexibility index (Phi) is 4.59. The number of carbonyl (C=O) groups excluding carboxylic acids is 1. The van der Waals surface area contributed by atoms with Crippen molar-refractivity contribution in [2.24, 2.45) is 5.92 Å². The second kappa shape index (κ2) is 6.61. The lowest BCUT2D eigenvalue weighted by atomic mass is 9.84. The molecule has 2 fully saturated rings. The van der Waals surface area contributed by atoms with Gasteiger partial charge >= 0.3 is 5.97 Å². The highest BCUT2D eigenvalue weighted by Crippen LogP contribution is 2.21. The summed E-state index contributed by atoms with van der Waals surface area (Å²) in [5.74, 6) is 0.401. The van der Waals surface area contributed by atoms with Crippen molar-refractivity contribution in [3.8, 4) is 0 Å². The van der Waals surface area contributed by atoms with Crippen LogP contribution in [0.15, 0.2) is 24.3 Å². The second-order valence-electron chi connectivity index (χ2n) is 6.58. The van der Waals surface area contributed by atoms with Crippen molar-refractivity contribution in [1.29, 1.82) is 0 Å². The molecular formula is C18H26NO2+. The number of piperidine rings is 2. The van der Waals surface area contributed by atoms with Gasteiger partial charge < -0.3 is 9.64 Å². The van der Waals surface area contributed by atoms with Crippen molar-refractivity contribution < 1.29 is 14.4 Å². The summed E-state index contributed by atoms with van der Waals surface area (Å²) in [7, 11) is 0. The fourth-order valence-electron chi connectivity index (χ4n) is 4.04. The zero-order valence-corrected chi connectivity index (χ0v) is 12.9. The van der Waals surface area contributed by atoms with E-state index >= 15 is 0 Å². The summed E-state index contributed by atoms with van der Waals surface area (Å²) in [6.07, 6.45) is 6.51. The lowest BCUT2D eigenvalue weighted by molar-refractivity contribution is -0.940. The van der Waals surface area contributed by atoms with Crippen LogP contribution in [0.1, 0.15) is 48.0 Å². The van der Waals surface area contributed by atoms with Crippen molar-refractivity contribution in [3.63, 3.8) is 0 Å². The molecule has 2 heterocycles. The standard InChI is InChI=1S/C18H25NO2/c1-14-7-2-3-9-16(14)18(20)21-13-15-8-6-12-19-11-5-4-10-17(15)19/h2-3,7,9,15,17H,4-6,8,10-13H2,1H3/p+1/t15-,17+/m1/s1. The van der Waals surface area contributed by atoms with Gasteiger partial charge in [0.15, 0.2) is 0 Å². The molecule has 0 amide bonds. The van der Waals surface area contributed by atoms with Crippen LogP contribution < -0.4 is 4.90 Å². The molecule has 2 saturated heterocycles.